The van der Waals surface area contributed by atoms with E-state index in [2.05, 4.69) is 9.97 Å². The predicted octanol–water partition coefficient (Wildman–Crippen LogP) is 2.38. The topological polar surface area (TPSA) is 45.8 Å². The molecule has 0 saturated heterocycles. The first-order valence-electron chi connectivity index (χ1n) is 4.97. The lowest BCUT2D eigenvalue weighted by Gasteiger charge is -2.00. The largest absolute Gasteiger partial charge is 0.345 e. The predicted molar refractivity (Wildman–Crippen MR) is 60.1 cm³/mol. The van der Waals surface area contributed by atoms with E-state index >= 15 is 0 Å². The summed E-state index contributed by atoms with van der Waals surface area (Å²) in [7, 11) is 0. The molecule has 0 aliphatic heterocycles. The van der Waals surface area contributed by atoms with Gasteiger partial charge in [0.1, 0.15) is 0 Å². The van der Waals surface area contributed by atoms with E-state index < -0.39 is 0 Å². The molecule has 2 aromatic heterocycles. The molecule has 0 radical (unpaired) electrons. The minimum Gasteiger partial charge on any atom is -0.309 e. The van der Waals surface area contributed by atoms with E-state index in [9.17, 15) is 4.79 Å². The van der Waals surface area contributed by atoms with E-state index in [0.717, 1.165) is 17.0 Å². The zero-order valence-electron chi connectivity index (χ0n) is 8.06. The van der Waals surface area contributed by atoms with Gasteiger partial charge >= 0.3 is 5.69 Å². The van der Waals surface area contributed by atoms with E-state index in [1.165, 1.54) is 12.8 Å². The van der Waals surface area contributed by atoms with Gasteiger partial charge in [0.2, 0.25) is 0 Å². The highest BCUT2D eigenvalue weighted by Gasteiger charge is 2.25. The van der Waals surface area contributed by atoms with Gasteiger partial charge in [-0.3, -0.25) is 0 Å². The lowest BCUT2D eigenvalue weighted by Crippen LogP contribution is -2.13. The lowest BCUT2D eigenvalue weighted by atomic mass is 10.2. The van der Waals surface area contributed by atoms with Crippen LogP contribution in [-0.2, 0) is 0 Å². The molecule has 1 aliphatic carbocycles. The zero-order chi connectivity index (χ0) is 10.3. The van der Waals surface area contributed by atoms with E-state index in [4.69, 9.17) is 0 Å². The van der Waals surface area contributed by atoms with Gasteiger partial charge in [-0.15, -0.1) is 0 Å². The van der Waals surface area contributed by atoms with Crippen LogP contribution < -0.4 is 5.69 Å². The number of H-pyrrole nitrogens is 1. The maximum atomic E-state index is 11.4. The van der Waals surface area contributed by atoms with Crippen LogP contribution in [0, 0.1) is 0 Å². The monoisotopic (exact) mass is 218 g/mol. The summed E-state index contributed by atoms with van der Waals surface area (Å²) in [5.41, 5.74) is 2.63. The Morgan fingerprint density at radius 2 is 2.33 bits per heavy atom. The minimum atomic E-state index is -0.236. The summed E-state index contributed by atoms with van der Waals surface area (Å²) in [6.07, 6.45) is 2.37. The van der Waals surface area contributed by atoms with E-state index in [-0.39, 0.29) is 5.69 Å². The first-order chi connectivity index (χ1) is 7.33. The SMILES string of the molecule is O=c1nc(-c2ccsc2)cc(C2CC2)[nH]1. The van der Waals surface area contributed by atoms with Gasteiger partial charge in [-0.25, -0.2) is 4.79 Å². The smallest absolute Gasteiger partial charge is 0.309 e. The van der Waals surface area contributed by atoms with Gasteiger partial charge in [-0.1, -0.05) is 0 Å². The Labute approximate surface area is 90.8 Å². The highest BCUT2D eigenvalue weighted by atomic mass is 32.1. The van der Waals surface area contributed by atoms with Crippen molar-refractivity contribution in [3.63, 3.8) is 0 Å². The number of nitrogens with zero attached hydrogens (tertiary/aromatic N) is 1. The van der Waals surface area contributed by atoms with Gasteiger partial charge in [-0.2, -0.15) is 16.3 Å². The van der Waals surface area contributed by atoms with Crippen LogP contribution in [0.2, 0.25) is 0 Å². The molecular formula is C11H10N2OS. The molecule has 1 N–H and O–H groups in total. The molecule has 76 valence electrons. The molecule has 1 fully saturated rings. The highest BCUT2D eigenvalue weighted by molar-refractivity contribution is 7.08. The highest BCUT2D eigenvalue weighted by Crippen LogP contribution is 2.39. The molecule has 1 aliphatic rings. The summed E-state index contributed by atoms with van der Waals surface area (Å²) in [4.78, 5) is 18.2. The number of nitrogens with one attached hydrogen (secondary N) is 1. The first kappa shape index (κ1) is 8.85. The summed E-state index contributed by atoms with van der Waals surface area (Å²) in [6.45, 7) is 0. The average molecular weight is 218 g/mol. The van der Waals surface area contributed by atoms with Crippen molar-refractivity contribution in [3.05, 3.63) is 39.1 Å². The van der Waals surface area contributed by atoms with Gasteiger partial charge in [-0.05, 0) is 36.3 Å². The average Bonchev–Trinajstić information content (AvgIpc) is 2.93. The standard InChI is InChI=1S/C11H10N2OS/c14-11-12-9(7-1-2-7)5-10(13-11)8-3-4-15-6-8/h3-7H,1-2H2,(H,12,13,14). The molecule has 0 spiro atoms. The number of thiophene rings is 1. The molecule has 0 bridgehead atoms. The number of hydrogen-bond acceptors (Lipinski definition) is 3. The normalized spacial score (nSPS) is 15.5. The Balaban J connectivity index is 2.11. The minimum absolute atomic E-state index is 0.236. The Morgan fingerprint density at radius 1 is 1.47 bits per heavy atom. The fourth-order valence-corrected chi connectivity index (χ4v) is 2.30. The zero-order valence-corrected chi connectivity index (χ0v) is 8.88. The van der Waals surface area contributed by atoms with Crippen molar-refractivity contribution in [2.45, 2.75) is 18.8 Å². The second-order valence-electron chi connectivity index (χ2n) is 3.81. The summed E-state index contributed by atoms with van der Waals surface area (Å²) in [5.74, 6) is 0.554. The molecule has 0 amide bonds. The molecule has 0 aromatic carbocycles. The Bertz CT molecular complexity index is 526. The summed E-state index contributed by atoms with van der Waals surface area (Å²) in [5, 5.41) is 4.01. The van der Waals surface area contributed by atoms with Gasteiger partial charge in [0.25, 0.3) is 0 Å². The Kier molecular flexibility index (Phi) is 1.95. The quantitative estimate of drug-likeness (QED) is 0.841. The summed E-state index contributed by atoms with van der Waals surface area (Å²) < 4.78 is 0. The lowest BCUT2D eigenvalue weighted by molar-refractivity contribution is 0.951. The van der Waals surface area contributed by atoms with E-state index in [1.54, 1.807) is 11.3 Å². The molecule has 0 unspecified atom stereocenters. The van der Waals surface area contributed by atoms with Crippen molar-refractivity contribution in [2.75, 3.05) is 0 Å². The van der Waals surface area contributed by atoms with Crippen LogP contribution in [0.1, 0.15) is 24.5 Å². The second-order valence-corrected chi connectivity index (χ2v) is 4.59. The van der Waals surface area contributed by atoms with Gasteiger partial charge in [0.05, 0.1) is 5.69 Å². The molecule has 15 heavy (non-hydrogen) atoms. The third-order valence-corrected chi connectivity index (χ3v) is 3.28. The van der Waals surface area contributed by atoms with Crippen LogP contribution in [0.15, 0.2) is 27.7 Å². The number of rotatable bonds is 2. The van der Waals surface area contributed by atoms with Crippen molar-refractivity contribution in [1.82, 2.24) is 9.97 Å². The van der Waals surface area contributed by atoms with Crippen LogP contribution in [-0.4, -0.2) is 9.97 Å². The Hall–Kier alpha value is -1.42. The fourth-order valence-electron chi connectivity index (χ4n) is 1.65. The van der Waals surface area contributed by atoms with Crippen molar-refractivity contribution in [1.29, 1.82) is 0 Å². The van der Waals surface area contributed by atoms with Gasteiger partial charge in [0.15, 0.2) is 0 Å². The summed E-state index contributed by atoms with van der Waals surface area (Å²) in [6, 6.07) is 3.99. The van der Waals surface area contributed by atoms with Crippen molar-refractivity contribution < 1.29 is 0 Å². The molecule has 4 heteroatoms. The van der Waals surface area contributed by atoms with Gasteiger partial charge in [0, 0.05) is 16.6 Å². The molecule has 1 saturated carbocycles. The maximum absolute atomic E-state index is 11.4. The van der Waals surface area contributed by atoms with Crippen LogP contribution in [0.5, 0.6) is 0 Å². The van der Waals surface area contributed by atoms with E-state index in [0.29, 0.717) is 5.92 Å². The molecule has 3 nitrogen and oxygen atoms in total. The molecule has 0 atom stereocenters. The van der Waals surface area contributed by atoms with Crippen LogP contribution in [0.4, 0.5) is 0 Å². The van der Waals surface area contributed by atoms with E-state index in [1.807, 2.05) is 22.9 Å². The Morgan fingerprint density at radius 3 is 3.00 bits per heavy atom. The van der Waals surface area contributed by atoms with Crippen molar-refractivity contribution in [2.24, 2.45) is 0 Å². The first-order valence-corrected chi connectivity index (χ1v) is 5.91. The molecule has 2 aromatic rings. The molecule has 3 rings (SSSR count). The third-order valence-electron chi connectivity index (χ3n) is 2.60. The van der Waals surface area contributed by atoms with Crippen LogP contribution >= 0.6 is 11.3 Å². The summed E-state index contributed by atoms with van der Waals surface area (Å²) >= 11 is 1.62. The number of aromatic nitrogens is 2. The van der Waals surface area contributed by atoms with Crippen molar-refractivity contribution >= 4 is 11.3 Å². The number of aromatic amines is 1. The second kappa shape index (κ2) is 3.31. The van der Waals surface area contributed by atoms with Crippen molar-refractivity contribution in [3.8, 4) is 11.3 Å². The maximum Gasteiger partial charge on any atom is 0.345 e. The molecule has 2 heterocycles. The van der Waals surface area contributed by atoms with Crippen LogP contribution in [0.3, 0.4) is 0 Å². The van der Waals surface area contributed by atoms with Crippen LogP contribution in [0.25, 0.3) is 11.3 Å². The number of hydrogen-bond donors (Lipinski definition) is 1. The van der Waals surface area contributed by atoms with Gasteiger partial charge < -0.3 is 4.98 Å². The fraction of sp³-hybridized carbons (Fsp3) is 0.273. The molecular weight excluding hydrogens is 208 g/mol. The third kappa shape index (κ3) is 1.72.